The Morgan fingerprint density at radius 1 is 0.893 bits per heavy atom. The lowest BCUT2D eigenvalue weighted by Gasteiger charge is -2.39. The second-order valence-corrected chi connectivity index (χ2v) is 7.65. The highest BCUT2D eigenvalue weighted by atomic mass is 15.4. The maximum absolute atomic E-state index is 6.51. The Kier molecular flexibility index (Phi) is 5.06. The predicted octanol–water partition coefficient (Wildman–Crippen LogP) is 6.08. The van der Waals surface area contributed by atoms with Crippen molar-refractivity contribution >= 4 is 23.5 Å². The molecule has 0 saturated carbocycles. The van der Waals surface area contributed by atoms with Crippen LogP contribution in [0.3, 0.4) is 0 Å². The van der Waals surface area contributed by atoms with Crippen molar-refractivity contribution in [1.29, 1.82) is 0 Å². The first-order valence-electron chi connectivity index (χ1n) is 10.3. The zero-order valence-electron chi connectivity index (χ0n) is 16.8. The van der Waals surface area contributed by atoms with Crippen molar-refractivity contribution in [3.05, 3.63) is 95.1 Å². The van der Waals surface area contributed by atoms with Crippen LogP contribution < -0.4 is 10.2 Å². The molecule has 2 N–H and O–H groups in total. The number of anilines is 1. The van der Waals surface area contributed by atoms with Gasteiger partial charge in [0.15, 0.2) is 0 Å². The highest BCUT2D eigenvalue weighted by Gasteiger charge is 2.45. The summed E-state index contributed by atoms with van der Waals surface area (Å²) >= 11 is 0. The van der Waals surface area contributed by atoms with E-state index in [4.69, 9.17) is 5.73 Å². The van der Waals surface area contributed by atoms with Gasteiger partial charge in [0.1, 0.15) is 11.7 Å². The lowest BCUT2D eigenvalue weighted by atomic mass is 10.00. The van der Waals surface area contributed by atoms with Crippen LogP contribution >= 0.6 is 0 Å². The van der Waals surface area contributed by atoms with E-state index in [1.807, 2.05) is 6.07 Å². The zero-order valence-corrected chi connectivity index (χ0v) is 16.8. The van der Waals surface area contributed by atoms with Crippen molar-refractivity contribution in [2.45, 2.75) is 26.3 Å². The monoisotopic (exact) mass is 369 g/mol. The molecule has 0 unspecified atom stereocenters. The van der Waals surface area contributed by atoms with Gasteiger partial charge in [0.05, 0.1) is 13.1 Å². The van der Waals surface area contributed by atoms with Crippen LogP contribution in [0.5, 0.6) is 0 Å². The van der Waals surface area contributed by atoms with E-state index in [-0.39, 0.29) is 0 Å². The fourth-order valence-corrected chi connectivity index (χ4v) is 4.78. The fraction of sp³-hybridized carbons (Fsp3) is 0.231. The third kappa shape index (κ3) is 3.14. The minimum absolute atomic E-state index is 0.457. The molecule has 0 amide bonds. The lowest BCUT2D eigenvalue weighted by molar-refractivity contribution is 0.241. The van der Waals surface area contributed by atoms with E-state index in [2.05, 4.69) is 92.7 Å². The molecule has 1 aliphatic heterocycles. The summed E-state index contributed by atoms with van der Waals surface area (Å²) in [5.74, 6) is 0. The Morgan fingerprint density at radius 2 is 1.54 bits per heavy atom. The number of hydrogen-bond donors (Lipinski definition) is 1. The van der Waals surface area contributed by atoms with Crippen LogP contribution in [-0.2, 0) is 6.42 Å². The third-order valence-corrected chi connectivity index (χ3v) is 6.34. The molecule has 142 valence electrons. The van der Waals surface area contributed by atoms with Crippen molar-refractivity contribution in [3.63, 3.8) is 0 Å². The third-order valence-electron chi connectivity index (χ3n) is 6.34. The first-order chi connectivity index (χ1) is 13.7. The molecule has 0 fully saturated rings. The van der Waals surface area contributed by atoms with Crippen molar-refractivity contribution in [2.75, 3.05) is 18.8 Å². The van der Waals surface area contributed by atoms with Gasteiger partial charge in [-0.15, -0.1) is 0 Å². The summed E-state index contributed by atoms with van der Waals surface area (Å²) < 4.78 is 0.978. The zero-order chi connectivity index (χ0) is 19.6. The quantitative estimate of drug-likeness (QED) is 0.329. The average Bonchev–Trinajstić information content (AvgIpc) is 3.07. The number of hydrogen-bond acceptors (Lipinski definition) is 1. The number of benzene rings is 3. The van der Waals surface area contributed by atoms with E-state index in [9.17, 15) is 0 Å². The normalized spacial score (nSPS) is 17.7. The minimum atomic E-state index is 0.457. The number of rotatable bonds is 5. The number of quaternary nitrogens is 1. The van der Waals surface area contributed by atoms with E-state index in [0.29, 0.717) is 6.04 Å². The number of nitrogens with two attached hydrogens (primary N) is 1. The van der Waals surface area contributed by atoms with Crippen LogP contribution in [0, 0.1) is 0 Å². The fourth-order valence-electron chi connectivity index (χ4n) is 4.78. The Morgan fingerprint density at radius 3 is 2.18 bits per heavy atom. The van der Waals surface area contributed by atoms with Gasteiger partial charge in [-0.1, -0.05) is 72.8 Å². The summed E-state index contributed by atoms with van der Waals surface area (Å²) in [5, 5.41) is 0. The molecule has 1 heterocycles. The molecule has 0 spiro atoms. The summed E-state index contributed by atoms with van der Waals surface area (Å²) in [6.07, 6.45) is 5.35. The maximum atomic E-state index is 6.51. The second kappa shape index (κ2) is 7.65. The maximum Gasteiger partial charge on any atom is 0.138 e. The van der Waals surface area contributed by atoms with Gasteiger partial charge in [-0.3, -0.25) is 4.48 Å². The molecule has 0 aromatic heterocycles. The molecule has 2 heteroatoms. The Bertz CT molecular complexity index is 970. The van der Waals surface area contributed by atoms with Crippen LogP contribution in [0.25, 0.3) is 12.2 Å². The van der Waals surface area contributed by atoms with Crippen LogP contribution in [-0.4, -0.2) is 13.1 Å². The summed E-state index contributed by atoms with van der Waals surface area (Å²) in [7, 11) is 0. The second-order valence-electron chi connectivity index (χ2n) is 7.65. The molecule has 0 radical (unpaired) electrons. The van der Waals surface area contributed by atoms with Crippen LogP contribution in [0.1, 0.15) is 42.1 Å². The number of nitrogens with zero attached hydrogens (tertiary/aromatic N) is 1. The average molecular weight is 370 g/mol. The molecule has 0 saturated heterocycles. The van der Waals surface area contributed by atoms with Crippen molar-refractivity contribution in [1.82, 2.24) is 4.48 Å². The number of fused-ring (bicyclic) bond motifs is 1. The largest absolute Gasteiger partial charge is 0.398 e. The summed E-state index contributed by atoms with van der Waals surface area (Å²) in [4.78, 5) is 0. The van der Waals surface area contributed by atoms with Crippen LogP contribution in [0.15, 0.2) is 72.8 Å². The molecule has 3 aromatic carbocycles. The van der Waals surface area contributed by atoms with E-state index < -0.39 is 0 Å². The summed E-state index contributed by atoms with van der Waals surface area (Å²) in [5.41, 5.74) is 13.9. The molecule has 1 aliphatic rings. The van der Waals surface area contributed by atoms with Gasteiger partial charge >= 0.3 is 0 Å². The van der Waals surface area contributed by atoms with Gasteiger partial charge in [0.2, 0.25) is 0 Å². The first kappa shape index (κ1) is 18.5. The van der Waals surface area contributed by atoms with Gasteiger partial charge in [-0.2, -0.15) is 0 Å². The Labute approximate surface area is 168 Å². The standard InChI is InChI=1S/C26H29N2/c1-3-28(4-2)25(21-13-9-6-10-14-21)18-23-17-22(24(27)19-26(23)28)16-15-20-11-7-5-8-12-20/h5-17,19,25H,3-4,18,27H2,1-2H3/q+1/b16-15+/t25-/m0/s1. The SMILES string of the molecule is CC[N+]1(CC)c2cc(N)c(/C=C/c3ccccc3)cc2C[C@H]1c1ccccc1. The molecular weight excluding hydrogens is 340 g/mol. The first-order valence-corrected chi connectivity index (χ1v) is 10.3. The molecule has 1 atom stereocenters. The smallest absolute Gasteiger partial charge is 0.138 e. The lowest BCUT2D eigenvalue weighted by Crippen LogP contribution is -2.49. The summed E-state index contributed by atoms with van der Waals surface area (Å²) in [6.45, 7) is 6.74. The molecular formula is C26H29N2+. The predicted molar refractivity (Wildman–Crippen MR) is 122 cm³/mol. The van der Waals surface area contributed by atoms with Gasteiger partial charge in [-0.25, -0.2) is 0 Å². The van der Waals surface area contributed by atoms with E-state index in [1.165, 1.54) is 22.4 Å². The number of likely N-dealkylation sites (N-methyl/N-ethyl adjacent to an activating group) is 1. The molecule has 0 bridgehead atoms. The number of nitrogen functional groups attached to an aromatic ring is 1. The van der Waals surface area contributed by atoms with E-state index >= 15 is 0 Å². The Hall–Kier alpha value is -2.84. The van der Waals surface area contributed by atoms with Crippen molar-refractivity contribution < 1.29 is 0 Å². The molecule has 0 aliphatic carbocycles. The molecule has 3 aromatic rings. The Balaban J connectivity index is 1.75. The van der Waals surface area contributed by atoms with Gasteiger partial charge in [0.25, 0.3) is 0 Å². The van der Waals surface area contributed by atoms with Crippen LogP contribution in [0.2, 0.25) is 0 Å². The topological polar surface area (TPSA) is 26.0 Å². The molecule has 2 nitrogen and oxygen atoms in total. The minimum Gasteiger partial charge on any atom is -0.398 e. The van der Waals surface area contributed by atoms with Gasteiger partial charge in [-0.05, 0) is 31.0 Å². The van der Waals surface area contributed by atoms with E-state index in [0.717, 1.165) is 35.2 Å². The van der Waals surface area contributed by atoms with Crippen molar-refractivity contribution in [2.24, 2.45) is 0 Å². The molecule has 4 rings (SSSR count). The van der Waals surface area contributed by atoms with Crippen molar-refractivity contribution in [3.8, 4) is 0 Å². The van der Waals surface area contributed by atoms with E-state index in [1.54, 1.807) is 0 Å². The molecule has 28 heavy (non-hydrogen) atoms. The highest BCUT2D eigenvalue weighted by Crippen LogP contribution is 2.48. The summed E-state index contributed by atoms with van der Waals surface area (Å²) in [6, 6.07) is 26.3. The van der Waals surface area contributed by atoms with Gasteiger partial charge in [0, 0.05) is 29.3 Å². The van der Waals surface area contributed by atoms with Crippen LogP contribution in [0.4, 0.5) is 11.4 Å². The van der Waals surface area contributed by atoms with Gasteiger partial charge < -0.3 is 5.73 Å². The highest BCUT2D eigenvalue weighted by molar-refractivity contribution is 5.79.